The van der Waals surface area contributed by atoms with Gasteiger partial charge in [-0.3, -0.25) is 4.79 Å². The third kappa shape index (κ3) is 3.39. The van der Waals surface area contributed by atoms with Crippen LogP contribution >= 0.6 is 23.2 Å². The van der Waals surface area contributed by atoms with E-state index in [2.05, 4.69) is 27.4 Å². The van der Waals surface area contributed by atoms with Gasteiger partial charge in [-0.25, -0.2) is 0 Å². The first kappa shape index (κ1) is 11.8. The van der Waals surface area contributed by atoms with Crippen molar-refractivity contribution in [3.63, 3.8) is 0 Å². The van der Waals surface area contributed by atoms with Gasteiger partial charge in [0.25, 0.3) is 5.91 Å². The number of nitrogens with one attached hydrogen (secondary N) is 1. The van der Waals surface area contributed by atoms with Crippen molar-refractivity contribution in [2.45, 2.75) is 6.92 Å². The zero-order chi connectivity index (χ0) is 11.3. The molecule has 4 nitrogen and oxygen atoms in total. The molecule has 1 N–H and O–H groups in total. The molecule has 1 aromatic heterocycles. The standard InChI is InChI=1S/C9H7Cl2N3O/c1-2-3-4-12-9(15)6-5-7(10)13-14-8(6)11/h5H,4H2,1H3,(H,12,15). The van der Waals surface area contributed by atoms with Crippen LogP contribution in [0.5, 0.6) is 0 Å². The van der Waals surface area contributed by atoms with E-state index in [1.807, 2.05) is 0 Å². The lowest BCUT2D eigenvalue weighted by Crippen LogP contribution is -2.24. The molecule has 1 heterocycles. The number of hydrogen-bond acceptors (Lipinski definition) is 3. The third-order valence-electron chi connectivity index (χ3n) is 1.48. The van der Waals surface area contributed by atoms with Gasteiger partial charge < -0.3 is 5.32 Å². The number of aromatic nitrogens is 2. The van der Waals surface area contributed by atoms with Gasteiger partial charge in [0.2, 0.25) is 0 Å². The van der Waals surface area contributed by atoms with Gasteiger partial charge in [-0.1, -0.05) is 29.1 Å². The van der Waals surface area contributed by atoms with Crippen molar-refractivity contribution in [1.82, 2.24) is 15.5 Å². The molecule has 6 heteroatoms. The molecule has 1 rings (SSSR count). The first-order valence-electron chi connectivity index (χ1n) is 4.01. The molecule has 0 unspecified atom stereocenters. The van der Waals surface area contributed by atoms with Crippen LogP contribution in [0, 0.1) is 11.8 Å². The molecule has 0 radical (unpaired) electrons. The summed E-state index contributed by atoms with van der Waals surface area (Å²) in [6.07, 6.45) is 0. The Hall–Kier alpha value is -1.31. The summed E-state index contributed by atoms with van der Waals surface area (Å²) in [7, 11) is 0. The maximum atomic E-state index is 11.5. The van der Waals surface area contributed by atoms with Gasteiger partial charge in [0, 0.05) is 0 Å². The number of amides is 1. The van der Waals surface area contributed by atoms with E-state index >= 15 is 0 Å². The Balaban J connectivity index is 2.80. The predicted octanol–water partition coefficient (Wildman–Crippen LogP) is 1.54. The van der Waals surface area contributed by atoms with E-state index in [1.54, 1.807) is 6.92 Å². The van der Waals surface area contributed by atoms with Gasteiger partial charge in [-0.15, -0.1) is 16.1 Å². The van der Waals surface area contributed by atoms with Crippen molar-refractivity contribution < 1.29 is 4.79 Å². The van der Waals surface area contributed by atoms with Gasteiger partial charge in [0.1, 0.15) is 0 Å². The quantitative estimate of drug-likeness (QED) is 0.802. The first-order chi connectivity index (χ1) is 7.15. The molecule has 15 heavy (non-hydrogen) atoms. The number of nitrogens with zero attached hydrogens (tertiary/aromatic N) is 2. The summed E-state index contributed by atoms with van der Waals surface area (Å²) in [5.74, 6) is 4.96. The second kappa shape index (κ2) is 5.54. The van der Waals surface area contributed by atoms with Crippen LogP contribution in [0.1, 0.15) is 17.3 Å². The Labute approximate surface area is 97.0 Å². The smallest absolute Gasteiger partial charge is 0.255 e. The average molecular weight is 244 g/mol. The van der Waals surface area contributed by atoms with E-state index < -0.39 is 0 Å². The van der Waals surface area contributed by atoms with E-state index in [0.29, 0.717) is 0 Å². The van der Waals surface area contributed by atoms with Crippen molar-refractivity contribution in [3.8, 4) is 11.8 Å². The number of carbonyl (C=O) groups is 1. The second-order valence-electron chi connectivity index (χ2n) is 2.48. The van der Waals surface area contributed by atoms with Crippen LogP contribution in [-0.2, 0) is 0 Å². The molecule has 78 valence electrons. The van der Waals surface area contributed by atoms with E-state index in [4.69, 9.17) is 23.2 Å². The molecule has 0 spiro atoms. The van der Waals surface area contributed by atoms with Gasteiger partial charge in [0.05, 0.1) is 12.1 Å². The highest BCUT2D eigenvalue weighted by molar-refractivity contribution is 6.34. The molecule has 0 aliphatic heterocycles. The SMILES string of the molecule is CC#CCNC(=O)c1cc(Cl)nnc1Cl. The summed E-state index contributed by atoms with van der Waals surface area (Å²) in [6.45, 7) is 1.94. The van der Waals surface area contributed by atoms with Crippen LogP contribution in [0.15, 0.2) is 6.07 Å². The Bertz CT molecular complexity index is 437. The minimum absolute atomic E-state index is 0.0151. The van der Waals surface area contributed by atoms with E-state index in [1.165, 1.54) is 6.07 Å². The summed E-state index contributed by atoms with van der Waals surface area (Å²) in [4.78, 5) is 11.5. The normalized spacial score (nSPS) is 9.00. The highest BCUT2D eigenvalue weighted by atomic mass is 35.5. The molecule has 0 aromatic carbocycles. The fraction of sp³-hybridized carbons (Fsp3) is 0.222. The maximum Gasteiger partial charge on any atom is 0.255 e. The van der Waals surface area contributed by atoms with Crippen molar-refractivity contribution >= 4 is 29.1 Å². The van der Waals surface area contributed by atoms with Crippen LogP contribution in [0.25, 0.3) is 0 Å². The average Bonchev–Trinajstić information content (AvgIpc) is 2.22. The largest absolute Gasteiger partial charge is 0.341 e. The summed E-state index contributed by atoms with van der Waals surface area (Å²) < 4.78 is 0. The number of carbonyl (C=O) groups excluding carboxylic acids is 1. The Kier molecular flexibility index (Phi) is 4.35. The van der Waals surface area contributed by atoms with Gasteiger partial charge in [0.15, 0.2) is 10.3 Å². The molecule has 0 saturated carbocycles. The van der Waals surface area contributed by atoms with Crippen molar-refractivity contribution in [2.24, 2.45) is 0 Å². The van der Waals surface area contributed by atoms with Crippen LogP contribution in [0.2, 0.25) is 10.3 Å². The lowest BCUT2D eigenvalue weighted by Gasteiger charge is -2.02. The van der Waals surface area contributed by atoms with Crippen molar-refractivity contribution in [1.29, 1.82) is 0 Å². The second-order valence-corrected chi connectivity index (χ2v) is 3.23. The minimum atomic E-state index is -0.375. The summed E-state index contributed by atoms with van der Waals surface area (Å²) in [5, 5.41) is 9.68. The van der Waals surface area contributed by atoms with Crippen molar-refractivity contribution in [2.75, 3.05) is 6.54 Å². The molecule has 0 aliphatic rings. The monoisotopic (exact) mass is 243 g/mol. The van der Waals surface area contributed by atoms with Gasteiger partial charge in [-0.2, -0.15) is 0 Å². The van der Waals surface area contributed by atoms with Crippen LogP contribution in [-0.4, -0.2) is 22.6 Å². The Morgan fingerprint density at radius 2 is 2.27 bits per heavy atom. The minimum Gasteiger partial charge on any atom is -0.341 e. The predicted molar refractivity (Wildman–Crippen MR) is 57.8 cm³/mol. The molecule has 0 atom stereocenters. The zero-order valence-electron chi connectivity index (χ0n) is 7.84. The van der Waals surface area contributed by atoms with E-state index in [9.17, 15) is 4.79 Å². The maximum absolute atomic E-state index is 11.5. The zero-order valence-corrected chi connectivity index (χ0v) is 9.35. The number of hydrogen-bond donors (Lipinski definition) is 1. The summed E-state index contributed by atoms with van der Waals surface area (Å²) in [5.41, 5.74) is 0.189. The van der Waals surface area contributed by atoms with E-state index in [0.717, 1.165) is 0 Å². The Morgan fingerprint density at radius 3 is 2.93 bits per heavy atom. The molecular weight excluding hydrogens is 237 g/mol. The molecule has 1 amide bonds. The van der Waals surface area contributed by atoms with E-state index in [-0.39, 0.29) is 28.3 Å². The molecule has 0 fully saturated rings. The molecule has 0 bridgehead atoms. The molecule has 0 aliphatic carbocycles. The highest BCUT2D eigenvalue weighted by Gasteiger charge is 2.11. The third-order valence-corrected chi connectivity index (χ3v) is 1.94. The lowest BCUT2D eigenvalue weighted by atomic mass is 10.3. The van der Waals surface area contributed by atoms with Gasteiger partial charge in [-0.05, 0) is 13.0 Å². The molecular formula is C9H7Cl2N3O. The number of rotatable bonds is 2. The van der Waals surface area contributed by atoms with Crippen LogP contribution in [0.3, 0.4) is 0 Å². The lowest BCUT2D eigenvalue weighted by molar-refractivity contribution is 0.0958. The van der Waals surface area contributed by atoms with Crippen LogP contribution < -0.4 is 5.32 Å². The first-order valence-corrected chi connectivity index (χ1v) is 4.77. The van der Waals surface area contributed by atoms with Crippen molar-refractivity contribution in [3.05, 3.63) is 21.9 Å². The summed E-state index contributed by atoms with van der Waals surface area (Å²) in [6, 6.07) is 1.35. The summed E-state index contributed by atoms with van der Waals surface area (Å²) >= 11 is 11.3. The highest BCUT2D eigenvalue weighted by Crippen LogP contribution is 2.14. The van der Waals surface area contributed by atoms with Crippen LogP contribution in [0.4, 0.5) is 0 Å². The topological polar surface area (TPSA) is 54.9 Å². The fourth-order valence-electron chi connectivity index (χ4n) is 0.820. The number of halogens is 2. The Morgan fingerprint density at radius 1 is 1.53 bits per heavy atom. The molecule has 1 aromatic rings. The molecule has 0 saturated heterocycles. The van der Waals surface area contributed by atoms with Gasteiger partial charge >= 0.3 is 0 Å². The fourth-order valence-corrected chi connectivity index (χ4v) is 1.15.